The molecule has 0 radical (unpaired) electrons. The van der Waals surface area contributed by atoms with Crippen molar-refractivity contribution in [2.45, 2.75) is 32.4 Å². The summed E-state index contributed by atoms with van der Waals surface area (Å²) in [5, 5.41) is 12.6. The van der Waals surface area contributed by atoms with Crippen LogP contribution in [0.4, 0.5) is 10.5 Å². The third-order valence-electron chi connectivity index (χ3n) is 6.86. The molecule has 3 aromatic rings. The van der Waals surface area contributed by atoms with Crippen LogP contribution in [-0.4, -0.2) is 75.1 Å². The summed E-state index contributed by atoms with van der Waals surface area (Å²) in [6.45, 7) is 12.5. The van der Waals surface area contributed by atoms with Gasteiger partial charge in [0.1, 0.15) is 0 Å². The molecular weight excluding hydrogens is 444 g/mol. The van der Waals surface area contributed by atoms with Crippen molar-refractivity contribution in [3.8, 4) is 5.69 Å². The van der Waals surface area contributed by atoms with Gasteiger partial charge in [0.25, 0.3) is 0 Å². The fraction of sp³-hybridized carbons (Fsp3) is 0.385. The van der Waals surface area contributed by atoms with Crippen LogP contribution in [0.25, 0.3) is 21.6 Å². The van der Waals surface area contributed by atoms with Crippen molar-refractivity contribution in [1.82, 2.24) is 24.7 Å². The molecule has 5 rings (SSSR count). The lowest BCUT2D eigenvalue weighted by atomic mass is 10.1. The van der Waals surface area contributed by atoms with E-state index in [1.807, 2.05) is 29.7 Å². The number of aliphatic hydroxyl groups is 1. The number of aromatic nitrogens is 2. The smallest absolute Gasteiger partial charge is 0.317 e. The van der Waals surface area contributed by atoms with Crippen molar-refractivity contribution in [3.63, 3.8) is 0 Å². The van der Waals surface area contributed by atoms with Gasteiger partial charge in [0.05, 0.1) is 35.8 Å². The van der Waals surface area contributed by atoms with E-state index >= 15 is 0 Å². The van der Waals surface area contributed by atoms with Gasteiger partial charge >= 0.3 is 6.03 Å². The van der Waals surface area contributed by atoms with Crippen LogP contribution in [0.2, 0.25) is 0 Å². The topological polar surface area (TPSA) is 95.1 Å². The second kappa shape index (κ2) is 9.49. The van der Waals surface area contributed by atoms with Crippen molar-refractivity contribution in [2.24, 2.45) is 0 Å². The van der Waals surface area contributed by atoms with Crippen LogP contribution in [0.3, 0.4) is 0 Å². The Kier molecular flexibility index (Phi) is 6.24. The average molecular weight is 473 g/mol. The van der Waals surface area contributed by atoms with Crippen LogP contribution in [0, 0.1) is 13.5 Å². The highest BCUT2D eigenvalue weighted by Crippen LogP contribution is 2.30. The third-order valence-corrected chi connectivity index (χ3v) is 6.86. The van der Waals surface area contributed by atoms with Crippen molar-refractivity contribution in [1.29, 1.82) is 0 Å². The first-order valence-corrected chi connectivity index (χ1v) is 11.9. The highest BCUT2D eigenvalue weighted by Gasteiger charge is 2.26. The summed E-state index contributed by atoms with van der Waals surface area (Å²) in [5.41, 5.74) is 5.09. The molecule has 0 bridgehead atoms. The quantitative estimate of drug-likeness (QED) is 0.425. The van der Waals surface area contributed by atoms with Gasteiger partial charge in [0, 0.05) is 50.3 Å². The number of pyridine rings is 1. The van der Waals surface area contributed by atoms with E-state index in [1.165, 1.54) is 0 Å². The summed E-state index contributed by atoms with van der Waals surface area (Å²) in [6, 6.07) is 9.19. The average Bonchev–Trinajstić information content (AvgIpc) is 3.39. The van der Waals surface area contributed by atoms with E-state index in [0.717, 1.165) is 22.5 Å². The normalized spacial score (nSPS) is 17.1. The first-order valence-electron chi connectivity index (χ1n) is 11.9. The maximum Gasteiger partial charge on any atom is 0.317 e. The van der Waals surface area contributed by atoms with Crippen LogP contribution in [0.5, 0.6) is 0 Å². The van der Waals surface area contributed by atoms with E-state index in [1.54, 1.807) is 23.2 Å². The minimum atomic E-state index is -0.291. The summed E-state index contributed by atoms with van der Waals surface area (Å²) in [6.07, 6.45) is 2.80. The minimum absolute atomic E-state index is 0.000381. The predicted octanol–water partition coefficient (Wildman–Crippen LogP) is 3.05. The number of carbonyl (C=O) groups is 2. The maximum atomic E-state index is 13.5. The molecule has 2 aromatic heterocycles. The number of Topliss-reactive ketones (excluding diaryl/α,β-unsaturated/α-hetero) is 1. The van der Waals surface area contributed by atoms with E-state index in [0.29, 0.717) is 62.3 Å². The second-order valence-electron chi connectivity index (χ2n) is 9.22. The number of nitrogens with one attached hydrogen (secondary N) is 1. The summed E-state index contributed by atoms with van der Waals surface area (Å²) in [4.78, 5) is 37.6. The van der Waals surface area contributed by atoms with Crippen molar-refractivity contribution in [3.05, 3.63) is 64.8 Å². The molecule has 9 heteroatoms. The fourth-order valence-electron chi connectivity index (χ4n) is 4.99. The minimum Gasteiger partial charge on any atom is -0.393 e. The number of piperidine rings is 1. The van der Waals surface area contributed by atoms with Crippen molar-refractivity contribution in [2.75, 3.05) is 32.7 Å². The van der Waals surface area contributed by atoms with E-state index < -0.39 is 0 Å². The molecule has 35 heavy (non-hydrogen) atoms. The molecule has 2 aliphatic rings. The fourth-order valence-corrected chi connectivity index (χ4v) is 4.99. The molecule has 0 spiro atoms. The van der Waals surface area contributed by atoms with E-state index in [9.17, 15) is 14.7 Å². The number of fused-ring (bicyclic) bond motifs is 1. The highest BCUT2D eigenvalue weighted by atomic mass is 16.3. The molecule has 0 atom stereocenters. The molecular formula is C26H28N6O3. The van der Waals surface area contributed by atoms with Gasteiger partial charge in [-0.05, 0) is 43.5 Å². The SMILES string of the molecule is [C-]#[N+]c1ccc(-n2c(C)c(C(=O)CN3CCC(O)CC3)c3ncc(CN4CCNC4=O)cc32)cc1. The number of hydrogen-bond acceptors (Lipinski definition) is 5. The number of amides is 2. The van der Waals surface area contributed by atoms with Crippen LogP contribution in [-0.2, 0) is 6.54 Å². The van der Waals surface area contributed by atoms with E-state index in [4.69, 9.17) is 11.6 Å². The Hall–Kier alpha value is -3.74. The van der Waals surface area contributed by atoms with Gasteiger partial charge in [0.15, 0.2) is 11.5 Å². The zero-order chi connectivity index (χ0) is 24.5. The zero-order valence-corrected chi connectivity index (χ0v) is 19.7. The second-order valence-corrected chi connectivity index (χ2v) is 9.22. The summed E-state index contributed by atoms with van der Waals surface area (Å²) in [7, 11) is 0. The molecule has 2 amide bonds. The van der Waals surface area contributed by atoms with E-state index in [2.05, 4.69) is 15.1 Å². The van der Waals surface area contributed by atoms with Gasteiger partial charge in [-0.15, -0.1) is 0 Å². The number of urea groups is 1. The summed E-state index contributed by atoms with van der Waals surface area (Å²) >= 11 is 0. The Balaban J connectivity index is 1.55. The summed E-state index contributed by atoms with van der Waals surface area (Å²) < 4.78 is 2.01. The summed E-state index contributed by atoms with van der Waals surface area (Å²) in [5.74, 6) is -0.000381. The Bertz CT molecular complexity index is 1320. The first-order chi connectivity index (χ1) is 16.9. The third kappa shape index (κ3) is 4.50. The number of benzene rings is 1. The lowest BCUT2D eigenvalue weighted by Gasteiger charge is -2.28. The lowest BCUT2D eigenvalue weighted by molar-refractivity contribution is 0.0711. The molecule has 2 N–H and O–H groups in total. The number of ketones is 1. The molecule has 0 saturated carbocycles. The van der Waals surface area contributed by atoms with Crippen LogP contribution in [0.15, 0.2) is 36.5 Å². The first kappa shape index (κ1) is 23.0. The number of likely N-dealkylation sites (tertiary alicyclic amines) is 1. The Morgan fingerprint density at radius 2 is 1.97 bits per heavy atom. The molecule has 1 aromatic carbocycles. The molecule has 4 heterocycles. The number of hydrogen-bond donors (Lipinski definition) is 2. The van der Waals surface area contributed by atoms with Gasteiger partial charge in [-0.2, -0.15) is 0 Å². The molecule has 2 fully saturated rings. The maximum absolute atomic E-state index is 13.5. The van der Waals surface area contributed by atoms with E-state index in [-0.39, 0.29) is 24.5 Å². The lowest BCUT2D eigenvalue weighted by Crippen LogP contribution is -2.39. The van der Waals surface area contributed by atoms with Crippen LogP contribution in [0.1, 0.15) is 34.5 Å². The van der Waals surface area contributed by atoms with Crippen LogP contribution >= 0.6 is 0 Å². The predicted molar refractivity (Wildman–Crippen MR) is 132 cm³/mol. The largest absolute Gasteiger partial charge is 0.393 e. The number of rotatable bonds is 6. The van der Waals surface area contributed by atoms with Crippen molar-refractivity contribution < 1.29 is 14.7 Å². The molecule has 0 aliphatic carbocycles. The standard InChI is InChI=1S/C26H28N6O3/c1-17-24(23(34)16-30-10-7-21(33)8-11-30)25-22(32(17)20-5-3-19(27-2)4-6-20)13-18(14-29-25)15-31-12-9-28-26(31)35/h3-6,13-14,21,33H,7-12,15-16H2,1H3,(H,28,35). The molecule has 180 valence electrons. The van der Waals surface area contributed by atoms with Crippen molar-refractivity contribution >= 4 is 28.5 Å². The van der Waals surface area contributed by atoms with Gasteiger partial charge in [-0.3, -0.25) is 14.7 Å². The Morgan fingerprint density at radius 3 is 2.63 bits per heavy atom. The Morgan fingerprint density at radius 1 is 1.23 bits per heavy atom. The van der Waals surface area contributed by atoms with Gasteiger partial charge < -0.3 is 19.9 Å². The molecule has 0 unspecified atom stereocenters. The van der Waals surface area contributed by atoms with Gasteiger partial charge in [-0.25, -0.2) is 9.64 Å². The van der Waals surface area contributed by atoms with Gasteiger partial charge in [-0.1, -0.05) is 12.1 Å². The Labute approximate surface area is 203 Å². The highest BCUT2D eigenvalue weighted by molar-refractivity contribution is 6.09. The monoisotopic (exact) mass is 472 g/mol. The molecule has 9 nitrogen and oxygen atoms in total. The zero-order valence-electron chi connectivity index (χ0n) is 19.7. The van der Waals surface area contributed by atoms with Gasteiger partial charge in [0.2, 0.25) is 0 Å². The number of aliphatic hydroxyl groups excluding tert-OH is 1. The molecule has 2 aliphatic heterocycles. The number of carbonyl (C=O) groups excluding carboxylic acids is 2. The molecule has 2 saturated heterocycles. The number of nitrogens with zero attached hydrogens (tertiary/aromatic N) is 5. The van der Waals surface area contributed by atoms with Crippen LogP contribution < -0.4 is 5.32 Å².